The van der Waals surface area contributed by atoms with Crippen LogP contribution < -0.4 is 0 Å². The summed E-state index contributed by atoms with van der Waals surface area (Å²) >= 11 is 25.7. The lowest BCUT2D eigenvalue weighted by atomic mass is 10.1. The molecule has 0 saturated carbocycles. The number of halogens is 4. The van der Waals surface area contributed by atoms with E-state index in [1.807, 2.05) is 18.2 Å². The Hall–Kier alpha value is -0.840. The second kappa shape index (κ2) is 6.11. The molecule has 3 rings (SSSR count). The molecule has 0 fully saturated rings. The summed E-state index contributed by atoms with van der Waals surface area (Å²) < 4.78 is 0.655. The molecule has 0 spiro atoms. The average Bonchev–Trinajstić information content (AvgIpc) is 2.87. The van der Waals surface area contributed by atoms with Crippen molar-refractivity contribution in [3.8, 4) is 21.8 Å². The predicted molar refractivity (Wildman–Crippen MR) is 90.8 cm³/mol. The summed E-state index contributed by atoms with van der Waals surface area (Å²) in [7, 11) is 0. The third-order valence-electron chi connectivity index (χ3n) is 2.75. The SMILES string of the molecule is Clc1ccc(-c2c(Cl)nc(-c3ccc(Cl)s3)nc2Cl)cc1. The molecule has 2 nitrogen and oxygen atoms in total. The number of aromatic nitrogens is 2. The Labute approximate surface area is 145 Å². The van der Waals surface area contributed by atoms with Crippen LogP contribution in [0.5, 0.6) is 0 Å². The van der Waals surface area contributed by atoms with Gasteiger partial charge in [0.2, 0.25) is 0 Å². The first-order chi connectivity index (χ1) is 10.0. The molecule has 0 atom stereocenters. The highest BCUT2D eigenvalue weighted by Gasteiger charge is 2.15. The number of hydrogen-bond acceptors (Lipinski definition) is 3. The van der Waals surface area contributed by atoms with Crippen LogP contribution >= 0.6 is 57.7 Å². The van der Waals surface area contributed by atoms with Crippen molar-refractivity contribution in [2.24, 2.45) is 0 Å². The summed E-state index contributed by atoms with van der Waals surface area (Å²) in [5, 5.41) is 1.21. The predicted octanol–water partition coefficient (Wildman–Crippen LogP) is 6.49. The highest BCUT2D eigenvalue weighted by molar-refractivity contribution is 7.19. The van der Waals surface area contributed by atoms with E-state index in [1.54, 1.807) is 18.2 Å². The van der Waals surface area contributed by atoms with Crippen molar-refractivity contribution in [1.29, 1.82) is 0 Å². The zero-order valence-corrected chi connectivity index (χ0v) is 14.1. The van der Waals surface area contributed by atoms with E-state index in [4.69, 9.17) is 46.4 Å². The van der Waals surface area contributed by atoms with Crippen LogP contribution in [0.25, 0.3) is 21.8 Å². The van der Waals surface area contributed by atoms with Crippen LogP contribution in [0, 0.1) is 0 Å². The van der Waals surface area contributed by atoms with E-state index in [1.165, 1.54) is 11.3 Å². The Morgan fingerprint density at radius 3 is 1.90 bits per heavy atom. The molecular weight excluding hydrogens is 370 g/mol. The average molecular weight is 376 g/mol. The van der Waals surface area contributed by atoms with Gasteiger partial charge >= 0.3 is 0 Å². The van der Waals surface area contributed by atoms with Gasteiger partial charge in [0.15, 0.2) is 5.82 Å². The van der Waals surface area contributed by atoms with Crippen LogP contribution in [0.4, 0.5) is 0 Å². The van der Waals surface area contributed by atoms with Crippen molar-refractivity contribution >= 4 is 57.7 Å². The summed E-state index contributed by atoms with van der Waals surface area (Å²) in [5.41, 5.74) is 1.39. The third-order valence-corrected chi connectivity index (χ3v) is 4.77. The van der Waals surface area contributed by atoms with Gasteiger partial charge < -0.3 is 0 Å². The Bertz CT molecular complexity index is 776. The van der Waals surface area contributed by atoms with Gasteiger partial charge in [0, 0.05) is 5.02 Å². The van der Waals surface area contributed by atoms with Crippen LogP contribution in [-0.2, 0) is 0 Å². The standard InChI is InChI=1S/C14H6Cl4N2S/c15-8-3-1-7(2-4-8)11-12(17)19-14(20-13(11)18)9-5-6-10(16)21-9/h1-6H. The molecule has 0 aliphatic rings. The molecule has 0 bridgehead atoms. The molecule has 0 unspecified atom stereocenters. The topological polar surface area (TPSA) is 25.8 Å². The number of nitrogens with zero attached hydrogens (tertiary/aromatic N) is 2. The van der Waals surface area contributed by atoms with E-state index >= 15 is 0 Å². The minimum absolute atomic E-state index is 0.289. The smallest absolute Gasteiger partial charge is 0.172 e. The summed E-state index contributed by atoms with van der Waals surface area (Å²) in [6.07, 6.45) is 0. The number of benzene rings is 1. The molecule has 2 heterocycles. The van der Waals surface area contributed by atoms with Gasteiger partial charge in [-0.2, -0.15) is 0 Å². The van der Waals surface area contributed by atoms with Crippen molar-refractivity contribution in [3.05, 3.63) is 56.1 Å². The van der Waals surface area contributed by atoms with Gasteiger partial charge in [0.1, 0.15) is 10.3 Å². The van der Waals surface area contributed by atoms with E-state index in [9.17, 15) is 0 Å². The Morgan fingerprint density at radius 2 is 1.38 bits per heavy atom. The lowest BCUT2D eigenvalue weighted by molar-refractivity contribution is 1.19. The number of rotatable bonds is 2. The molecule has 21 heavy (non-hydrogen) atoms. The van der Waals surface area contributed by atoms with E-state index in [0.717, 1.165) is 10.4 Å². The first-order valence-corrected chi connectivity index (χ1v) is 8.12. The molecule has 106 valence electrons. The van der Waals surface area contributed by atoms with Crippen molar-refractivity contribution in [1.82, 2.24) is 9.97 Å². The van der Waals surface area contributed by atoms with E-state index in [2.05, 4.69) is 9.97 Å². The van der Waals surface area contributed by atoms with Crippen LogP contribution in [0.2, 0.25) is 19.7 Å². The summed E-state index contributed by atoms with van der Waals surface area (Å²) in [5.74, 6) is 0.458. The Balaban J connectivity index is 2.10. The molecule has 0 N–H and O–H groups in total. The van der Waals surface area contributed by atoms with Crippen molar-refractivity contribution in [2.45, 2.75) is 0 Å². The normalized spacial score (nSPS) is 10.9. The molecule has 0 aliphatic carbocycles. The molecule has 0 radical (unpaired) electrons. The van der Waals surface area contributed by atoms with Gasteiger partial charge in [-0.3, -0.25) is 0 Å². The number of hydrogen-bond donors (Lipinski definition) is 0. The maximum absolute atomic E-state index is 6.27. The Morgan fingerprint density at radius 1 is 0.762 bits per heavy atom. The summed E-state index contributed by atoms with van der Waals surface area (Å²) in [6.45, 7) is 0. The lowest BCUT2D eigenvalue weighted by Crippen LogP contribution is -1.93. The van der Waals surface area contributed by atoms with Crippen molar-refractivity contribution in [3.63, 3.8) is 0 Å². The molecule has 1 aromatic carbocycles. The maximum Gasteiger partial charge on any atom is 0.172 e. The minimum atomic E-state index is 0.289. The highest BCUT2D eigenvalue weighted by atomic mass is 35.5. The monoisotopic (exact) mass is 374 g/mol. The van der Waals surface area contributed by atoms with Gasteiger partial charge in [0.25, 0.3) is 0 Å². The van der Waals surface area contributed by atoms with Crippen molar-refractivity contribution in [2.75, 3.05) is 0 Å². The first kappa shape index (κ1) is 15.1. The number of thiophene rings is 1. The molecule has 0 aliphatic heterocycles. The lowest BCUT2D eigenvalue weighted by Gasteiger charge is -2.08. The second-order valence-corrected chi connectivity index (χ2v) is 6.98. The molecule has 0 saturated heterocycles. The minimum Gasteiger partial charge on any atom is -0.215 e. The fourth-order valence-corrected chi connectivity index (χ4v) is 3.52. The third kappa shape index (κ3) is 3.17. The fourth-order valence-electron chi connectivity index (χ4n) is 1.81. The fraction of sp³-hybridized carbons (Fsp3) is 0. The summed E-state index contributed by atoms with van der Waals surface area (Å²) in [4.78, 5) is 9.42. The van der Waals surface area contributed by atoms with Gasteiger partial charge in [-0.15, -0.1) is 11.3 Å². The molecule has 3 aromatic rings. The second-order valence-electron chi connectivity index (χ2n) is 4.11. The molecule has 2 aromatic heterocycles. The maximum atomic E-state index is 6.27. The van der Waals surface area contributed by atoms with Crippen LogP contribution in [0.3, 0.4) is 0 Å². The first-order valence-electron chi connectivity index (χ1n) is 5.79. The van der Waals surface area contributed by atoms with Gasteiger partial charge in [0.05, 0.1) is 14.8 Å². The van der Waals surface area contributed by atoms with E-state index in [0.29, 0.717) is 20.7 Å². The van der Waals surface area contributed by atoms with Crippen LogP contribution in [0.1, 0.15) is 0 Å². The summed E-state index contributed by atoms with van der Waals surface area (Å²) in [6, 6.07) is 10.8. The van der Waals surface area contributed by atoms with E-state index in [-0.39, 0.29) is 10.3 Å². The van der Waals surface area contributed by atoms with E-state index < -0.39 is 0 Å². The molecule has 7 heteroatoms. The van der Waals surface area contributed by atoms with Gasteiger partial charge in [-0.25, -0.2) is 9.97 Å². The highest BCUT2D eigenvalue weighted by Crippen LogP contribution is 2.36. The Kier molecular flexibility index (Phi) is 4.38. The zero-order chi connectivity index (χ0) is 15.0. The van der Waals surface area contributed by atoms with Gasteiger partial charge in [-0.05, 0) is 29.8 Å². The largest absolute Gasteiger partial charge is 0.215 e. The quantitative estimate of drug-likeness (QED) is 0.478. The van der Waals surface area contributed by atoms with Crippen LogP contribution in [-0.4, -0.2) is 9.97 Å². The molecule has 0 amide bonds. The van der Waals surface area contributed by atoms with Gasteiger partial charge in [-0.1, -0.05) is 58.5 Å². The molecular formula is C14H6Cl4N2S. The van der Waals surface area contributed by atoms with Crippen LogP contribution in [0.15, 0.2) is 36.4 Å². The zero-order valence-electron chi connectivity index (χ0n) is 10.3. The van der Waals surface area contributed by atoms with Crippen molar-refractivity contribution < 1.29 is 0 Å².